The molecule has 2 rings (SSSR count). The summed E-state index contributed by atoms with van der Waals surface area (Å²) in [6.07, 6.45) is 2.57. The third-order valence-electron chi connectivity index (χ3n) is 4.45. The van der Waals surface area contributed by atoms with Gasteiger partial charge in [-0.15, -0.1) is 0 Å². The van der Waals surface area contributed by atoms with Crippen molar-refractivity contribution in [1.82, 2.24) is 14.5 Å². The van der Waals surface area contributed by atoms with Crippen molar-refractivity contribution in [2.45, 2.75) is 31.2 Å². The first kappa shape index (κ1) is 21.7. The van der Waals surface area contributed by atoms with Crippen LogP contribution in [-0.4, -0.2) is 71.0 Å². The third-order valence-corrected chi connectivity index (χ3v) is 6.36. The number of ether oxygens (including phenoxy) is 1. The van der Waals surface area contributed by atoms with Crippen LogP contribution in [0.15, 0.2) is 34.2 Å². The van der Waals surface area contributed by atoms with E-state index >= 15 is 0 Å². The molecule has 0 heterocycles. The number of benzene rings is 1. The van der Waals surface area contributed by atoms with E-state index in [9.17, 15) is 8.42 Å². The van der Waals surface area contributed by atoms with Crippen molar-refractivity contribution in [1.29, 1.82) is 0 Å². The molecule has 1 N–H and O–H groups in total. The molecule has 1 fully saturated rings. The van der Waals surface area contributed by atoms with Crippen LogP contribution in [0.3, 0.4) is 0 Å². The zero-order valence-corrected chi connectivity index (χ0v) is 17.6. The molecular weight excluding hydrogens is 364 g/mol. The number of hydrogen-bond acceptors (Lipinski definition) is 4. The van der Waals surface area contributed by atoms with Gasteiger partial charge in [-0.2, -0.15) is 0 Å². The largest absolute Gasteiger partial charge is 0.379 e. The van der Waals surface area contributed by atoms with Crippen LogP contribution in [-0.2, 0) is 21.3 Å². The van der Waals surface area contributed by atoms with Crippen LogP contribution in [0.25, 0.3) is 0 Å². The van der Waals surface area contributed by atoms with Crippen molar-refractivity contribution in [3.8, 4) is 0 Å². The van der Waals surface area contributed by atoms with E-state index in [-0.39, 0.29) is 0 Å². The lowest BCUT2D eigenvalue weighted by Crippen LogP contribution is -2.40. The average Bonchev–Trinajstić information content (AvgIpc) is 3.46. The zero-order valence-electron chi connectivity index (χ0n) is 16.8. The van der Waals surface area contributed by atoms with E-state index in [1.165, 1.54) is 31.2 Å². The second-order valence-corrected chi connectivity index (χ2v) is 9.13. The highest BCUT2D eigenvalue weighted by Gasteiger charge is 2.22. The highest BCUT2D eigenvalue weighted by molar-refractivity contribution is 7.89. The SMILES string of the molecule is CCNC(=NCc1ccccc1S(=O)(=O)N(C)C)N(C)CCOCC1CC1. The summed E-state index contributed by atoms with van der Waals surface area (Å²) >= 11 is 0. The van der Waals surface area contributed by atoms with E-state index in [4.69, 9.17) is 4.74 Å². The number of rotatable bonds is 10. The summed E-state index contributed by atoms with van der Waals surface area (Å²) < 4.78 is 32.0. The fourth-order valence-corrected chi connectivity index (χ4v) is 3.66. The number of nitrogens with zero attached hydrogens (tertiary/aromatic N) is 3. The lowest BCUT2D eigenvalue weighted by molar-refractivity contribution is 0.115. The number of hydrogen-bond donors (Lipinski definition) is 1. The van der Waals surface area contributed by atoms with Crippen molar-refractivity contribution in [2.75, 3.05) is 47.4 Å². The average molecular weight is 397 g/mol. The standard InChI is InChI=1S/C19H32N4O3S/c1-5-20-19(23(4)12-13-26-15-16-10-11-16)21-14-17-8-6-7-9-18(17)27(24,25)22(2)3/h6-9,16H,5,10-15H2,1-4H3,(H,20,21). The molecule has 0 spiro atoms. The van der Waals surface area contributed by atoms with Crippen molar-refractivity contribution < 1.29 is 13.2 Å². The number of aliphatic imine (C=N–C) groups is 1. The molecule has 1 aromatic rings. The maximum atomic E-state index is 12.5. The molecule has 0 bridgehead atoms. The van der Waals surface area contributed by atoms with Crippen molar-refractivity contribution >= 4 is 16.0 Å². The Balaban J connectivity index is 2.05. The first-order chi connectivity index (χ1) is 12.9. The van der Waals surface area contributed by atoms with E-state index in [1.54, 1.807) is 12.1 Å². The zero-order chi connectivity index (χ0) is 19.9. The highest BCUT2D eigenvalue weighted by atomic mass is 32.2. The summed E-state index contributed by atoms with van der Waals surface area (Å²) in [4.78, 5) is 6.95. The summed E-state index contributed by atoms with van der Waals surface area (Å²) in [6.45, 7) is 5.27. The van der Waals surface area contributed by atoms with Gasteiger partial charge in [-0.25, -0.2) is 17.7 Å². The molecule has 8 heteroatoms. The van der Waals surface area contributed by atoms with Crippen LogP contribution in [0.1, 0.15) is 25.3 Å². The van der Waals surface area contributed by atoms with Gasteiger partial charge in [0.15, 0.2) is 5.96 Å². The molecule has 0 aromatic heterocycles. The topological polar surface area (TPSA) is 74.2 Å². The van der Waals surface area contributed by atoms with E-state index in [2.05, 4.69) is 10.3 Å². The van der Waals surface area contributed by atoms with Crippen molar-refractivity contribution in [3.05, 3.63) is 29.8 Å². The maximum absolute atomic E-state index is 12.5. The van der Waals surface area contributed by atoms with Crippen LogP contribution < -0.4 is 5.32 Å². The number of sulfonamides is 1. The van der Waals surface area contributed by atoms with E-state index in [1.807, 2.05) is 31.0 Å². The minimum absolute atomic E-state index is 0.291. The fraction of sp³-hybridized carbons (Fsp3) is 0.632. The van der Waals surface area contributed by atoms with Crippen LogP contribution in [0.2, 0.25) is 0 Å². The van der Waals surface area contributed by atoms with Crippen LogP contribution in [0.4, 0.5) is 0 Å². The molecule has 1 aliphatic carbocycles. The molecule has 0 atom stereocenters. The Morgan fingerprint density at radius 3 is 2.59 bits per heavy atom. The Kier molecular flexibility index (Phi) is 8.07. The predicted octanol–water partition coefficient (Wildman–Crippen LogP) is 1.76. The van der Waals surface area contributed by atoms with E-state index < -0.39 is 10.0 Å². The van der Waals surface area contributed by atoms with Gasteiger partial charge < -0.3 is 15.0 Å². The van der Waals surface area contributed by atoms with Gasteiger partial charge in [0.2, 0.25) is 10.0 Å². The molecule has 0 unspecified atom stereocenters. The van der Waals surface area contributed by atoms with Crippen molar-refractivity contribution in [2.24, 2.45) is 10.9 Å². The summed E-state index contributed by atoms with van der Waals surface area (Å²) in [5, 5.41) is 3.26. The van der Waals surface area contributed by atoms with Gasteiger partial charge in [-0.3, -0.25) is 0 Å². The maximum Gasteiger partial charge on any atom is 0.242 e. The third kappa shape index (κ3) is 6.48. The summed E-state index contributed by atoms with van der Waals surface area (Å²) in [6, 6.07) is 7.00. The minimum Gasteiger partial charge on any atom is -0.379 e. The Bertz CT molecular complexity index is 730. The summed E-state index contributed by atoms with van der Waals surface area (Å²) in [7, 11) is 1.54. The number of guanidine groups is 1. The molecule has 152 valence electrons. The lowest BCUT2D eigenvalue weighted by atomic mass is 10.2. The Labute approximate surface area is 163 Å². The van der Waals surface area contributed by atoms with Gasteiger partial charge in [0.05, 0.1) is 18.0 Å². The Hall–Kier alpha value is -1.64. The number of nitrogens with one attached hydrogen (secondary N) is 1. The number of likely N-dealkylation sites (N-methyl/N-ethyl adjacent to an activating group) is 1. The van der Waals surface area contributed by atoms with Crippen molar-refractivity contribution in [3.63, 3.8) is 0 Å². The molecular formula is C19H32N4O3S. The van der Waals surface area contributed by atoms with E-state index in [0.29, 0.717) is 23.6 Å². The van der Waals surface area contributed by atoms with Gasteiger partial charge in [0.1, 0.15) is 0 Å². The molecule has 0 amide bonds. The molecule has 1 aliphatic rings. The predicted molar refractivity (Wildman–Crippen MR) is 108 cm³/mol. The van der Waals surface area contributed by atoms with Gasteiger partial charge in [0, 0.05) is 40.8 Å². The van der Waals surface area contributed by atoms with Gasteiger partial charge in [-0.1, -0.05) is 18.2 Å². The molecule has 27 heavy (non-hydrogen) atoms. The van der Waals surface area contributed by atoms with Crippen LogP contribution in [0.5, 0.6) is 0 Å². The molecule has 1 saturated carbocycles. The second kappa shape index (κ2) is 10.1. The van der Waals surface area contributed by atoms with E-state index in [0.717, 1.165) is 31.6 Å². The van der Waals surface area contributed by atoms with Gasteiger partial charge >= 0.3 is 0 Å². The normalized spacial score (nSPS) is 15.2. The first-order valence-electron chi connectivity index (χ1n) is 9.44. The highest BCUT2D eigenvalue weighted by Crippen LogP contribution is 2.28. The Morgan fingerprint density at radius 2 is 1.96 bits per heavy atom. The summed E-state index contributed by atoms with van der Waals surface area (Å²) in [5.41, 5.74) is 0.681. The molecule has 7 nitrogen and oxygen atoms in total. The Morgan fingerprint density at radius 1 is 1.26 bits per heavy atom. The second-order valence-electron chi connectivity index (χ2n) is 7.01. The van der Waals surface area contributed by atoms with Crippen LogP contribution in [0, 0.1) is 5.92 Å². The quantitative estimate of drug-likeness (QED) is 0.371. The van der Waals surface area contributed by atoms with Crippen LogP contribution >= 0.6 is 0 Å². The molecule has 0 radical (unpaired) electrons. The molecule has 0 aliphatic heterocycles. The van der Waals surface area contributed by atoms with Gasteiger partial charge in [0.25, 0.3) is 0 Å². The lowest BCUT2D eigenvalue weighted by Gasteiger charge is -2.22. The minimum atomic E-state index is -3.50. The van der Waals surface area contributed by atoms with Gasteiger partial charge in [-0.05, 0) is 37.3 Å². The molecule has 0 saturated heterocycles. The smallest absolute Gasteiger partial charge is 0.242 e. The summed E-state index contributed by atoms with van der Waals surface area (Å²) in [5.74, 6) is 1.50. The molecule has 1 aromatic carbocycles. The fourth-order valence-electron chi connectivity index (χ4n) is 2.55. The first-order valence-corrected chi connectivity index (χ1v) is 10.9. The monoisotopic (exact) mass is 396 g/mol.